The third-order valence-corrected chi connectivity index (χ3v) is 3.47. The normalized spacial score (nSPS) is 18.6. The molecule has 1 aliphatic rings. The van der Waals surface area contributed by atoms with Crippen LogP contribution in [0.1, 0.15) is 18.5 Å². The Balaban J connectivity index is 2.54. The van der Waals surface area contributed by atoms with E-state index in [-0.39, 0.29) is 11.3 Å². The standard InChI is InChI=1S/C13H10BrN3O3/c1-7-10(6-15)11(8-3-2-4-9(14)5-8)16-12(18)17(7)13(19)20/h2-5,11H,1H3,(H,16,18)(H,19,20). The number of hydrogen-bond donors (Lipinski definition) is 2. The number of allylic oxidation sites excluding steroid dienone is 1. The molecule has 0 spiro atoms. The molecule has 0 aromatic heterocycles. The van der Waals surface area contributed by atoms with Crippen molar-refractivity contribution >= 4 is 28.1 Å². The number of amides is 3. The van der Waals surface area contributed by atoms with E-state index in [9.17, 15) is 14.9 Å². The number of nitrogens with one attached hydrogen (secondary N) is 1. The molecule has 0 radical (unpaired) electrons. The number of benzene rings is 1. The first kappa shape index (κ1) is 14.1. The van der Waals surface area contributed by atoms with Crippen LogP contribution in [-0.4, -0.2) is 22.1 Å². The van der Waals surface area contributed by atoms with Gasteiger partial charge in [0.15, 0.2) is 0 Å². The van der Waals surface area contributed by atoms with Crippen molar-refractivity contribution in [3.63, 3.8) is 0 Å². The number of nitrogens with zero attached hydrogens (tertiary/aromatic N) is 2. The molecule has 2 rings (SSSR count). The Morgan fingerprint density at radius 1 is 1.55 bits per heavy atom. The molecule has 3 amide bonds. The number of urea groups is 1. The third-order valence-electron chi connectivity index (χ3n) is 2.98. The van der Waals surface area contributed by atoms with Crippen molar-refractivity contribution in [1.29, 1.82) is 5.26 Å². The monoisotopic (exact) mass is 335 g/mol. The lowest BCUT2D eigenvalue weighted by Crippen LogP contribution is -2.48. The van der Waals surface area contributed by atoms with Gasteiger partial charge in [-0.25, -0.2) is 14.5 Å². The highest BCUT2D eigenvalue weighted by atomic mass is 79.9. The summed E-state index contributed by atoms with van der Waals surface area (Å²) in [5, 5.41) is 20.8. The lowest BCUT2D eigenvalue weighted by Gasteiger charge is -2.30. The van der Waals surface area contributed by atoms with Crippen LogP contribution in [0.3, 0.4) is 0 Å². The molecule has 0 saturated heterocycles. The lowest BCUT2D eigenvalue weighted by molar-refractivity contribution is 0.155. The minimum absolute atomic E-state index is 0.119. The van der Waals surface area contributed by atoms with Gasteiger partial charge in [0.25, 0.3) is 0 Å². The Bertz CT molecular complexity index is 663. The first-order valence-electron chi connectivity index (χ1n) is 5.65. The number of hydrogen-bond acceptors (Lipinski definition) is 3. The molecule has 0 aliphatic carbocycles. The maximum atomic E-state index is 11.9. The summed E-state index contributed by atoms with van der Waals surface area (Å²) in [7, 11) is 0. The predicted octanol–water partition coefficient (Wildman–Crippen LogP) is 2.99. The molecule has 6 nitrogen and oxygen atoms in total. The molecule has 0 bridgehead atoms. The number of carbonyl (C=O) groups excluding carboxylic acids is 1. The molecule has 1 aliphatic heterocycles. The van der Waals surface area contributed by atoms with Crippen LogP contribution in [0.2, 0.25) is 0 Å². The Morgan fingerprint density at radius 3 is 2.80 bits per heavy atom. The maximum Gasteiger partial charge on any atom is 0.419 e. The fourth-order valence-electron chi connectivity index (χ4n) is 2.05. The van der Waals surface area contributed by atoms with Crippen molar-refractivity contribution < 1.29 is 14.7 Å². The van der Waals surface area contributed by atoms with Crippen molar-refractivity contribution in [3.8, 4) is 6.07 Å². The van der Waals surface area contributed by atoms with Crippen molar-refractivity contribution in [2.45, 2.75) is 13.0 Å². The smallest absolute Gasteiger partial charge is 0.419 e. The van der Waals surface area contributed by atoms with Gasteiger partial charge in [-0.2, -0.15) is 5.26 Å². The van der Waals surface area contributed by atoms with Crippen LogP contribution in [0.4, 0.5) is 9.59 Å². The predicted molar refractivity (Wildman–Crippen MR) is 73.6 cm³/mol. The van der Waals surface area contributed by atoms with Gasteiger partial charge in [0.2, 0.25) is 0 Å². The first-order chi connectivity index (χ1) is 9.45. The summed E-state index contributed by atoms with van der Waals surface area (Å²) in [6.45, 7) is 1.44. The van der Waals surface area contributed by atoms with E-state index in [2.05, 4.69) is 21.2 Å². The van der Waals surface area contributed by atoms with E-state index in [1.807, 2.05) is 12.1 Å². The average molecular weight is 336 g/mol. The maximum absolute atomic E-state index is 11.9. The highest BCUT2D eigenvalue weighted by molar-refractivity contribution is 9.10. The van der Waals surface area contributed by atoms with Crippen molar-refractivity contribution in [2.24, 2.45) is 0 Å². The van der Waals surface area contributed by atoms with E-state index in [1.165, 1.54) is 6.92 Å². The molecule has 1 aromatic rings. The SMILES string of the molecule is CC1=C(C#N)C(c2cccc(Br)c2)NC(=O)N1C(=O)O. The van der Waals surface area contributed by atoms with E-state index in [1.54, 1.807) is 18.2 Å². The van der Waals surface area contributed by atoms with E-state index < -0.39 is 18.2 Å². The molecule has 1 unspecified atom stereocenters. The number of nitriles is 1. The molecule has 0 saturated carbocycles. The highest BCUT2D eigenvalue weighted by Gasteiger charge is 2.35. The Labute approximate surface area is 123 Å². The lowest BCUT2D eigenvalue weighted by atomic mass is 9.96. The van der Waals surface area contributed by atoms with E-state index in [0.29, 0.717) is 10.5 Å². The number of imide groups is 1. The molecular weight excluding hydrogens is 326 g/mol. The zero-order valence-corrected chi connectivity index (χ0v) is 12.0. The second-order valence-corrected chi connectivity index (χ2v) is 5.08. The topological polar surface area (TPSA) is 93.4 Å². The zero-order chi connectivity index (χ0) is 14.9. The number of carbonyl (C=O) groups is 2. The van der Waals surface area contributed by atoms with Gasteiger partial charge < -0.3 is 10.4 Å². The number of rotatable bonds is 1. The van der Waals surface area contributed by atoms with Gasteiger partial charge in [0, 0.05) is 10.2 Å². The molecule has 1 atom stereocenters. The minimum Gasteiger partial charge on any atom is -0.464 e. The van der Waals surface area contributed by atoms with Crippen molar-refractivity contribution in [1.82, 2.24) is 10.2 Å². The quantitative estimate of drug-likeness (QED) is 0.824. The van der Waals surface area contributed by atoms with Crippen LogP contribution >= 0.6 is 15.9 Å². The summed E-state index contributed by atoms with van der Waals surface area (Å²) >= 11 is 3.32. The average Bonchev–Trinajstić information content (AvgIpc) is 2.37. The molecule has 1 aromatic carbocycles. The van der Waals surface area contributed by atoms with Gasteiger partial charge >= 0.3 is 12.1 Å². The van der Waals surface area contributed by atoms with E-state index in [4.69, 9.17) is 5.11 Å². The van der Waals surface area contributed by atoms with E-state index in [0.717, 1.165) is 4.47 Å². The van der Waals surface area contributed by atoms with Crippen molar-refractivity contribution in [2.75, 3.05) is 0 Å². The molecule has 20 heavy (non-hydrogen) atoms. The minimum atomic E-state index is -1.42. The van der Waals surface area contributed by atoms with Crippen LogP contribution in [0.15, 0.2) is 40.0 Å². The largest absolute Gasteiger partial charge is 0.464 e. The highest BCUT2D eigenvalue weighted by Crippen LogP contribution is 2.30. The summed E-state index contributed by atoms with van der Waals surface area (Å²) in [5.74, 6) is 0. The fraction of sp³-hybridized carbons (Fsp3) is 0.154. The van der Waals surface area contributed by atoms with Crippen LogP contribution in [0, 0.1) is 11.3 Å². The van der Waals surface area contributed by atoms with Crippen molar-refractivity contribution in [3.05, 3.63) is 45.6 Å². The van der Waals surface area contributed by atoms with Gasteiger partial charge in [-0.3, -0.25) is 0 Å². The zero-order valence-electron chi connectivity index (χ0n) is 10.4. The van der Waals surface area contributed by atoms with Gasteiger partial charge in [0.05, 0.1) is 17.7 Å². The van der Waals surface area contributed by atoms with Crippen LogP contribution < -0.4 is 5.32 Å². The molecule has 7 heteroatoms. The number of halogens is 1. The van der Waals surface area contributed by atoms with Gasteiger partial charge in [-0.1, -0.05) is 28.1 Å². The Hall–Kier alpha value is -2.33. The molecule has 0 fully saturated rings. The van der Waals surface area contributed by atoms with Crippen LogP contribution in [-0.2, 0) is 0 Å². The van der Waals surface area contributed by atoms with Crippen LogP contribution in [0.25, 0.3) is 0 Å². The Morgan fingerprint density at radius 2 is 2.25 bits per heavy atom. The molecule has 102 valence electrons. The third kappa shape index (κ3) is 2.38. The summed E-state index contributed by atoms with van der Waals surface area (Å²) in [6, 6.07) is 7.68. The summed E-state index contributed by atoms with van der Waals surface area (Å²) in [5.41, 5.74) is 1.02. The summed E-state index contributed by atoms with van der Waals surface area (Å²) < 4.78 is 0.805. The fourth-order valence-corrected chi connectivity index (χ4v) is 2.47. The first-order valence-corrected chi connectivity index (χ1v) is 6.45. The summed E-state index contributed by atoms with van der Waals surface area (Å²) in [6.07, 6.45) is -1.42. The van der Waals surface area contributed by atoms with Gasteiger partial charge in [-0.15, -0.1) is 0 Å². The second kappa shape index (κ2) is 5.35. The molecule has 1 heterocycles. The second-order valence-electron chi connectivity index (χ2n) is 4.17. The number of carboxylic acid groups (broad SMARTS) is 1. The molecular formula is C13H10BrN3O3. The van der Waals surface area contributed by atoms with Gasteiger partial charge in [0.1, 0.15) is 0 Å². The summed E-state index contributed by atoms with van der Waals surface area (Å²) in [4.78, 5) is 23.4. The van der Waals surface area contributed by atoms with E-state index >= 15 is 0 Å². The Kier molecular flexibility index (Phi) is 3.77. The van der Waals surface area contributed by atoms with Crippen LogP contribution in [0.5, 0.6) is 0 Å². The van der Waals surface area contributed by atoms with Gasteiger partial charge in [-0.05, 0) is 24.6 Å². The molecule has 2 N–H and O–H groups in total.